The second-order valence-corrected chi connectivity index (χ2v) is 4.32. The molecule has 1 amide bonds. The largest absolute Gasteiger partial charge is 0.480 e. The smallest absolute Gasteiger partial charge is 0.419 e. The predicted molar refractivity (Wildman–Crippen MR) is 66.8 cm³/mol. The lowest BCUT2D eigenvalue weighted by molar-refractivity contribution is -0.143. The van der Waals surface area contributed by atoms with Crippen LogP contribution in [0, 0.1) is 0 Å². The van der Waals surface area contributed by atoms with E-state index in [1.54, 1.807) is 0 Å². The number of amides is 1. The molecule has 0 heterocycles. The Balaban J connectivity index is 2.82. The first-order valence-corrected chi connectivity index (χ1v) is 5.99. The summed E-state index contributed by atoms with van der Waals surface area (Å²) < 4.78 is 43.3. The maximum Gasteiger partial charge on any atom is 0.419 e. The van der Waals surface area contributed by atoms with Crippen LogP contribution in [-0.2, 0) is 15.8 Å². The van der Waals surface area contributed by atoms with Crippen LogP contribution in [0.5, 0.6) is 5.75 Å². The van der Waals surface area contributed by atoms with E-state index in [4.69, 9.17) is 9.84 Å². The zero-order valence-electron chi connectivity index (χ0n) is 11.3. The van der Waals surface area contributed by atoms with Crippen molar-refractivity contribution in [1.29, 1.82) is 0 Å². The Morgan fingerprint density at radius 1 is 1.24 bits per heavy atom. The number of rotatable bonds is 5. The molecule has 0 aliphatic heterocycles. The fourth-order valence-corrected chi connectivity index (χ4v) is 1.44. The van der Waals surface area contributed by atoms with E-state index in [1.165, 1.54) is 26.0 Å². The van der Waals surface area contributed by atoms with Crippen LogP contribution in [0.25, 0.3) is 0 Å². The number of hydrogen-bond acceptors (Lipinski definition) is 3. The lowest BCUT2D eigenvalue weighted by atomic mass is 10.2. The molecule has 0 saturated carbocycles. The van der Waals surface area contributed by atoms with Gasteiger partial charge in [-0.1, -0.05) is 12.1 Å². The van der Waals surface area contributed by atoms with Gasteiger partial charge in [0.05, 0.1) is 5.56 Å². The summed E-state index contributed by atoms with van der Waals surface area (Å²) >= 11 is 0. The zero-order chi connectivity index (χ0) is 16.2. The number of alkyl halides is 3. The van der Waals surface area contributed by atoms with Gasteiger partial charge in [0.1, 0.15) is 11.8 Å². The van der Waals surface area contributed by atoms with Gasteiger partial charge in [-0.3, -0.25) is 9.59 Å². The first-order valence-electron chi connectivity index (χ1n) is 5.99. The Hall–Kier alpha value is -2.25. The van der Waals surface area contributed by atoms with E-state index in [9.17, 15) is 22.8 Å². The number of ether oxygens (including phenoxy) is 1. The van der Waals surface area contributed by atoms with Gasteiger partial charge < -0.3 is 15.2 Å². The van der Waals surface area contributed by atoms with Crippen molar-refractivity contribution in [3.63, 3.8) is 0 Å². The number of carboxylic acids is 1. The van der Waals surface area contributed by atoms with Gasteiger partial charge >= 0.3 is 12.1 Å². The Morgan fingerprint density at radius 2 is 1.81 bits per heavy atom. The zero-order valence-corrected chi connectivity index (χ0v) is 11.3. The molecule has 0 saturated heterocycles. The van der Waals surface area contributed by atoms with Crippen molar-refractivity contribution in [2.75, 3.05) is 0 Å². The molecule has 0 spiro atoms. The monoisotopic (exact) mass is 305 g/mol. The van der Waals surface area contributed by atoms with Crippen LogP contribution >= 0.6 is 0 Å². The Kier molecular flexibility index (Phi) is 5.17. The van der Waals surface area contributed by atoms with E-state index in [0.717, 1.165) is 12.1 Å². The standard InChI is InChI=1S/C13H14F3NO4/c1-7(12(19)20)17-11(18)8(2)21-10-6-4-3-5-9(10)13(14,15)16/h3-8H,1-2H3,(H,17,18)(H,19,20). The van der Waals surface area contributed by atoms with E-state index in [2.05, 4.69) is 5.32 Å². The van der Waals surface area contributed by atoms with Crippen LogP contribution in [0.1, 0.15) is 19.4 Å². The number of carbonyl (C=O) groups is 2. The van der Waals surface area contributed by atoms with E-state index in [1.807, 2.05) is 0 Å². The highest BCUT2D eigenvalue weighted by Crippen LogP contribution is 2.36. The molecule has 8 heteroatoms. The molecule has 0 aliphatic rings. The highest BCUT2D eigenvalue weighted by molar-refractivity contribution is 5.86. The molecule has 21 heavy (non-hydrogen) atoms. The summed E-state index contributed by atoms with van der Waals surface area (Å²) in [6.45, 7) is 2.47. The SMILES string of the molecule is CC(NC(=O)C(C)Oc1ccccc1C(F)(F)F)C(=O)O. The summed E-state index contributed by atoms with van der Waals surface area (Å²) in [6.07, 6.45) is -5.88. The van der Waals surface area contributed by atoms with Crippen molar-refractivity contribution < 1.29 is 32.6 Å². The molecule has 0 aromatic heterocycles. The molecule has 5 nitrogen and oxygen atoms in total. The van der Waals surface area contributed by atoms with Gasteiger partial charge in [0.25, 0.3) is 5.91 Å². The van der Waals surface area contributed by atoms with Gasteiger partial charge in [-0.25, -0.2) is 0 Å². The van der Waals surface area contributed by atoms with Gasteiger partial charge in [0, 0.05) is 0 Å². The molecule has 2 unspecified atom stereocenters. The van der Waals surface area contributed by atoms with Crippen LogP contribution in [0.4, 0.5) is 13.2 Å². The molecule has 2 N–H and O–H groups in total. The van der Waals surface area contributed by atoms with Gasteiger partial charge in [-0.15, -0.1) is 0 Å². The van der Waals surface area contributed by atoms with Crippen molar-refractivity contribution in [2.45, 2.75) is 32.2 Å². The molecule has 0 radical (unpaired) electrons. The lowest BCUT2D eigenvalue weighted by Gasteiger charge is -2.19. The summed E-state index contributed by atoms with van der Waals surface area (Å²) in [5.41, 5.74) is -1.00. The van der Waals surface area contributed by atoms with Crippen molar-refractivity contribution in [2.24, 2.45) is 0 Å². The Morgan fingerprint density at radius 3 is 2.33 bits per heavy atom. The van der Waals surface area contributed by atoms with E-state index >= 15 is 0 Å². The van der Waals surface area contributed by atoms with E-state index in [-0.39, 0.29) is 0 Å². The molecule has 1 aromatic carbocycles. The minimum Gasteiger partial charge on any atom is -0.480 e. The lowest BCUT2D eigenvalue weighted by Crippen LogP contribution is -2.44. The fourth-order valence-electron chi connectivity index (χ4n) is 1.44. The summed E-state index contributed by atoms with van der Waals surface area (Å²) in [5.74, 6) is -2.57. The molecule has 2 atom stereocenters. The molecule has 0 bridgehead atoms. The minimum absolute atomic E-state index is 0.490. The van der Waals surface area contributed by atoms with Gasteiger partial charge in [0.15, 0.2) is 6.10 Å². The predicted octanol–water partition coefficient (Wildman–Crippen LogP) is 2.06. The maximum atomic E-state index is 12.8. The molecule has 116 valence electrons. The third-order valence-electron chi connectivity index (χ3n) is 2.59. The normalized spacial score (nSPS) is 14.1. The highest BCUT2D eigenvalue weighted by Gasteiger charge is 2.35. The number of para-hydroxylation sites is 1. The summed E-state index contributed by atoms with van der Waals surface area (Å²) in [4.78, 5) is 22.2. The first-order chi connectivity index (χ1) is 9.62. The van der Waals surface area contributed by atoms with Crippen LogP contribution in [0.15, 0.2) is 24.3 Å². The number of hydrogen-bond donors (Lipinski definition) is 2. The van der Waals surface area contributed by atoms with Crippen LogP contribution < -0.4 is 10.1 Å². The third kappa shape index (κ3) is 4.66. The number of aliphatic carboxylic acids is 1. The third-order valence-corrected chi connectivity index (χ3v) is 2.59. The number of nitrogens with one attached hydrogen (secondary N) is 1. The minimum atomic E-state index is -4.61. The van der Waals surface area contributed by atoms with Crippen LogP contribution in [-0.4, -0.2) is 29.1 Å². The van der Waals surface area contributed by atoms with Crippen molar-refractivity contribution in [1.82, 2.24) is 5.32 Å². The molecular formula is C13H14F3NO4. The molecule has 0 fully saturated rings. The first kappa shape index (κ1) is 16.8. The molecule has 1 aromatic rings. The van der Waals surface area contributed by atoms with Gasteiger partial charge in [-0.05, 0) is 26.0 Å². The maximum absolute atomic E-state index is 12.8. The second kappa shape index (κ2) is 6.47. The van der Waals surface area contributed by atoms with Gasteiger partial charge in [-0.2, -0.15) is 13.2 Å². The fraction of sp³-hybridized carbons (Fsp3) is 0.385. The average Bonchev–Trinajstić information content (AvgIpc) is 2.37. The van der Waals surface area contributed by atoms with E-state index < -0.39 is 41.5 Å². The Bertz CT molecular complexity index is 530. The number of carboxylic acid groups (broad SMARTS) is 1. The molecule has 1 rings (SSSR count). The summed E-state index contributed by atoms with van der Waals surface area (Å²) in [5, 5.41) is 10.8. The number of benzene rings is 1. The summed E-state index contributed by atoms with van der Waals surface area (Å²) in [6, 6.07) is 3.30. The van der Waals surface area contributed by atoms with Crippen molar-refractivity contribution in [3.05, 3.63) is 29.8 Å². The average molecular weight is 305 g/mol. The quantitative estimate of drug-likeness (QED) is 0.873. The molecule has 0 aliphatic carbocycles. The van der Waals surface area contributed by atoms with E-state index in [0.29, 0.717) is 0 Å². The number of carbonyl (C=O) groups excluding carboxylic acids is 1. The van der Waals surface area contributed by atoms with Crippen molar-refractivity contribution >= 4 is 11.9 Å². The topological polar surface area (TPSA) is 75.6 Å². The molecular weight excluding hydrogens is 291 g/mol. The van der Waals surface area contributed by atoms with Crippen LogP contribution in [0.3, 0.4) is 0 Å². The Labute approximate surface area is 118 Å². The second-order valence-electron chi connectivity index (χ2n) is 4.32. The van der Waals surface area contributed by atoms with Crippen LogP contribution in [0.2, 0.25) is 0 Å². The number of halogens is 3. The highest BCUT2D eigenvalue weighted by atomic mass is 19.4. The van der Waals surface area contributed by atoms with Crippen molar-refractivity contribution in [3.8, 4) is 5.75 Å². The summed E-state index contributed by atoms with van der Waals surface area (Å²) in [7, 11) is 0. The van der Waals surface area contributed by atoms with Gasteiger partial charge in [0.2, 0.25) is 0 Å².